The molecule has 32 heavy (non-hydrogen) atoms. The molecule has 1 fully saturated rings. The van der Waals surface area contributed by atoms with Crippen LogP contribution in [0.25, 0.3) is 11.0 Å². The van der Waals surface area contributed by atoms with Crippen molar-refractivity contribution >= 4 is 22.6 Å². The van der Waals surface area contributed by atoms with Crippen molar-refractivity contribution in [2.45, 2.75) is 38.9 Å². The second-order valence-electron chi connectivity index (χ2n) is 7.68. The number of methoxy groups -OCH3 is 2. The summed E-state index contributed by atoms with van der Waals surface area (Å²) in [6.45, 7) is 4.47. The molecule has 9 heteroatoms. The molecule has 3 heterocycles. The van der Waals surface area contributed by atoms with Crippen LogP contribution in [-0.4, -0.2) is 54.1 Å². The molecule has 0 spiro atoms. The van der Waals surface area contributed by atoms with Crippen molar-refractivity contribution in [1.82, 2.24) is 20.1 Å². The summed E-state index contributed by atoms with van der Waals surface area (Å²) in [5, 5.41) is 11.8. The first kappa shape index (κ1) is 21.9. The van der Waals surface area contributed by atoms with Gasteiger partial charge in [-0.1, -0.05) is 0 Å². The van der Waals surface area contributed by atoms with E-state index in [1.807, 2.05) is 23.7 Å². The standard InChI is InChI=1S/C23H29N5O4/c1-4-28-22-19(14-26-28)21(27-16-5-7-32-8-6-16)20(13-24-22)23(29)25-12-15-9-17(30-2)11-18(10-15)31-3/h9-11,13-14,16H,4-8,12H2,1-3H3,(H,24,27)(H,25,29). The average molecular weight is 440 g/mol. The lowest BCUT2D eigenvalue weighted by Gasteiger charge is -2.25. The fourth-order valence-corrected chi connectivity index (χ4v) is 3.88. The van der Waals surface area contributed by atoms with Gasteiger partial charge < -0.3 is 24.8 Å². The predicted molar refractivity (Wildman–Crippen MR) is 121 cm³/mol. The minimum Gasteiger partial charge on any atom is -0.497 e. The summed E-state index contributed by atoms with van der Waals surface area (Å²) in [5.41, 5.74) is 2.90. The third-order valence-corrected chi connectivity index (χ3v) is 5.64. The number of benzene rings is 1. The molecule has 0 bridgehead atoms. The normalized spacial score (nSPS) is 14.3. The van der Waals surface area contributed by atoms with Crippen molar-refractivity contribution in [3.8, 4) is 11.5 Å². The number of anilines is 1. The lowest BCUT2D eigenvalue weighted by Crippen LogP contribution is -2.30. The van der Waals surface area contributed by atoms with E-state index in [0.717, 1.165) is 35.1 Å². The first-order valence-electron chi connectivity index (χ1n) is 10.8. The molecule has 0 radical (unpaired) electrons. The van der Waals surface area contributed by atoms with E-state index in [2.05, 4.69) is 20.7 Å². The summed E-state index contributed by atoms with van der Waals surface area (Å²) in [7, 11) is 3.20. The molecule has 2 N–H and O–H groups in total. The molecule has 0 unspecified atom stereocenters. The molecule has 1 aromatic carbocycles. The van der Waals surface area contributed by atoms with Crippen molar-refractivity contribution < 1.29 is 19.0 Å². The minimum absolute atomic E-state index is 0.208. The zero-order valence-electron chi connectivity index (χ0n) is 18.7. The van der Waals surface area contributed by atoms with Crippen LogP contribution in [0.15, 0.2) is 30.6 Å². The number of carbonyl (C=O) groups excluding carboxylic acids is 1. The van der Waals surface area contributed by atoms with E-state index < -0.39 is 0 Å². The summed E-state index contributed by atoms with van der Waals surface area (Å²) in [6.07, 6.45) is 5.17. The molecule has 1 aliphatic rings. The first-order chi connectivity index (χ1) is 15.6. The zero-order chi connectivity index (χ0) is 22.5. The summed E-state index contributed by atoms with van der Waals surface area (Å²) in [4.78, 5) is 17.7. The van der Waals surface area contributed by atoms with Crippen LogP contribution in [0.4, 0.5) is 5.69 Å². The van der Waals surface area contributed by atoms with Crippen LogP contribution in [0.5, 0.6) is 11.5 Å². The van der Waals surface area contributed by atoms with Gasteiger partial charge >= 0.3 is 0 Å². The highest BCUT2D eigenvalue weighted by molar-refractivity contribution is 6.06. The Morgan fingerprint density at radius 1 is 1.16 bits per heavy atom. The lowest BCUT2D eigenvalue weighted by atomic mass is 10.1. The van der Waals surface area contributed by atoms with Gasteiger partial charge in [-0.15, -0.1) is 0 Å². The lowest BCUT2D eigenvalue weighted by molar-refractivity contribution is 0.0904. The fraction of sp³-hybridized carbons (Fsp3) is 0.435. The van der Waals surface area contributed by atoms with E-state index in [4.69, 9.17) is 14.2 Å². The monoisotopic (exact) mass is 439 g/mol. The van der Waals surface area contributed by atoms with Gasteiger partial charge in [0.15, 0.2) is 5.65 Å². The number of aromatic nitrogens is 3. The van der Waals surface area contributed by atoms with E-state index in [1.165, 1.54) is 0 Å². The number of pyridine rings is 1. The Morgan fingerprint density at radius 2 is 1.88 bits per heavy atom. The largest absolute Gasteiger partial charge is 0.497 e. The van der Waals surface area contributed by atoms with Crippen molar-refractivity contribution in [2.24, 2.45) is 0 Å². The number of hydrogen-bond acceptors (Lipinski definition) is 7. The maximum Gasteiger partial charge on any atom is 0.255 e. The molecule has 0 saturated carbocycles. The van der Waals surface area contributed by atoms with Gasteiger partial charge in [-0.2, -0.15) is 5.10 Å². The van der Waals surface area contributed by atoms with Gasteiger partial charge in [0, 0.05) is 44.6 Å². The van der Waals surface area contributed by atoms with Gasteiger partial charge in [-0.3, -0.25) is 4.79 Å². The second-order valence-corrected chi connectivity index (χ2v) is 7.68. The molecule has 4 rings (SSSR count). The topological polar surface area (TPSA) is 99.5 Å². The maximum atomic E-state index is 13.2. The number of carbonyl (C=O) groups is 1. The fourth-order valence-electron chi connectivity index (χ4n) is 3.88. The van der Waals surface area contributed by atoms with Crippen LogP contribution < -0.4 is 20.1 Å². The number of nitrogens with zero attached hydrogens (tertiary/aromatic N) is 3. The van der Waals surface area contributed by atoms with Gasteiger partial charge in [0.25, 0.3) is 5.91 Å². The second kappa shape index (κ2) is 9.86. The highest BCUT2D eigenvalue weighted by atomic mass is 16.5. The Hall–Kier alpha value is -3.33. The summed E-state index contributed by atoms with van der Waals surface area (Å²) in [6, 6.07) is 5.77. The number of hydrogen-bond donors (Lipinski definition) is 2. The highest BCUT2D eigenvalue weighted by Crippen LogP contribution is 2.29. The minimum atomic E-state index is -0.208. The molecule has 1 amide bonds. The first-order valence-corrected chi connectivity index (χ1v) is 10.8. The Kier molecular flexibility index (Phi) is 6.75. The average Bonchev–Trinajstić information content (AvgIpc) is 3.26. The molecule has 2 aromatic heterocycles. The zero-order valence-corrected chi connectivity index (χ0v) is 18.7. The number of ether oxygens (including phenoxy) is 3. The smallest absolute Gasteiger partial charge is 0.255 e. The van der Waals surface area contributed by atoms with Crippen molar-refractivity contribution in [2.75, 3.05) is 32.8 Å². The Labute approximate surface area is 187 Å². The molecule has 170 valence electrons. The van der Waals surface area contributed by atoms with E-state index in [1.54, 1.807) is 32.7 Å². The van der Waals surface area contributed by atoms with Gasteiger partial charge in [0.1, 0.15) is 11.5 Å². The SMILES string of the molecule is CCn1ncc2c(NC3CCOCC3)c(C(=O)NCc3cc(OC)cc(OC)c3)cnc21. The number of amides is 1. The molecule has 1 saturated heterocycles. The predicted octanol–water partition coefficient (Wildman–Crippen LogP) is 2.99. The number of aryl methyl sites for hydroxylation is 1. The summed E-state index contributed by atoms with van der Waals surface area (Å²) < 4.78 is 18.0. The summed E-state index contributed by atoms with van der Waals surface area (Å²) in [5.74, 6) is 1.14. The molecule has 1 aliphatic heterocycles. The molecular weight excluding hydrogens is 410 g/mol. The Bertz CT molecular complexity index is 1070. The van der Waals surface area contributed by atoms with Crippen LogP contribution >= 0.6 is 0 Å². The van der Waals surface area contributed by atoms with Crippen LogP contribution in [0.1, 0.15) is 35.7 Å². The van der Waals surface area contributed by atoms with Crippen molar-refractivity contribution in [1.29, 1.82) is 0 Å². The van der Waals surface area contributed by atoms with Gasteiger partial charge in [-0.25, -0.2) is 9.67 Å². The van der Waals surface area contributed by atoms with Crippen LogP contribution in [0, 0.1) is 0 Å². The summed E-state index contributed by atoms with van der Waals surface area (Å²) >= 11 is 0. The molecule has 0 atom stereocenters. The van der Waals surface area contributed by atoms with Crippen molar-refractivity contribution in [3.05, 3.63) is 41.7 Å². The third kappa shape index (κ3) is 4.62. The van der Waals surface area contributed by atoms with Crippen LogP contribution in [-0.2, 0) is 17.8 Å². The molecule has 3 aromatic rings. The third-order valence-electron chi connectivity index (χ3n) is 5.64. The van der Waals surface area contributed by atoms with Gasteiger partial charge in [0.05, 0.1) is 37.1 Å². The Balaban J connectivity index is 1.61. The molecule has 0 aliphatic carbocycles. The van der Waals surface area contributed by atoms with Crippen LogP contribution in [0.2, 0.25) is 0 Å². The number of nitrogens with one attached hydrogen (secondary N) is 2. The van der Waals surface area contributed by atoms with Gasteiger partial charge in [0.2, 0.25) is 0 Å². The van der Waals surface area contributed by atoms with E-state index in [-0.39, 0.29) is 11.9 Å². The quantitative estimate of drug-likeness (QED) is 0.557. The van der Waals surface area contributed by atoms with Crippen LogP contribution in [0.3, 0.4) is 0 Å². The van der Waals surface area contributed by atoms with E-state index >= 15 is 0 Å². The maximum absolute atomic E-state index is 13.2. The Morgan fingerprint density at radius 3 is 2.53 bits per heavy atom. The van der Waals surface area contributed by atoms with E-state index in [0.29, 0.717) is 43.4 Å². The van der Waals surface area contributed by atoms with Gasteiger partial charge in [-0.05, 0) is 37.5 Å². The highest BCUT2D eigenvalue weighted by Gasteiger charge is 2.22. The number of rotatable bonds is 8. The van der Waals surface area contributed by atoms with Crippen molar-refractivity contribution in [3.63, 3.8) is 0 Å². The number of fused-ring (bicyclic) bond motifs is 1. The molecule has 9 nitrogen and oxygen atoms in total. The molecular formula is C23H29N5O4. The van der Waals surface area contributed by atoms with E-state index in [9.17, 15) is 4.79 Å².